The second kappa shape index (κ2) is 4.35. The van der Waals surface area contributed by atoms with Crippen LogP contribution in [0.25, 0.3) is 0 Å². The van der Waals surface area contributed by atoms with Crippen LogP contribution in [-0.2, 0) is 9.59 Å². The predicted octanol–water partition coefficient (Wildman–Crippen LogP) is 1.97. The maximum Gasteiger partial charge on any atom is 0.254 e. The van der Waals surface area contributed by atoms with Gasteiger partial charge in [0.05, 0.1) is 18.1 Å². The van der Waals surface area contributed by atoms with Crippen molar-refractivity contribution in [2.75, 3.05) is 0 Å². The number of hydrazone groups is 1. The van der Waals surface area contributed by atoms with Gasteiger partial charge in [0.2, 0.25) is 0 Å². The van der Waals surface area contributed by atoms with Gasteiger partial charge < -0.3 is 0 Å². The van der Waals surface area contributed by atoms with Crippen molar-refractivity contribution < 1.29 is 14.0 Å². The summed E-state index contributed by atoms with van der Waals surface area (Å²) in [5, 5.41) is 5.01. The fourth-order valence-electron chi connectivity index (χ4n) is 3.67. The first-order valence-electron chi connectivity index (χ1n) is 7.01. The van der Waals surface area contributed by atoms with Gasteiger partial charge in [0.1, 0.15) is 5.82 Å². The monoisotopic (exact) mass is 284 g/mol. The van der Waals surface area contributed by atoms with E-state index in [2.05, 4.69) is 5.10 Å². The summed E-state index contributed by atoms with van der Waals surface area (Å²) in [5.74, 6) is -0.862. The molecule has 4 unspecified atom stereocenters. The van der Waals surface area contributed by atoms with E-state index in [4.69, 9.17) is 0 Å². The third-order valence-corrected chi connectivity index (χ3v) is 4.64. The fourth-order valence-corrected chi connectivity index (χ4v) is 3.67. The highest BCUT2D eigenvalue weighted by Crippen LogP contribution is 2.52. The van der Waals surface area contributed by atoms with E-state index in [0.717, 1.165) is 11.4 Å². The number of fused-ring (bicyclic) bond motifs is 5. The van der Waals surface area contributed by atoms with Crippen molar-refractivity contribution in [1.29, 1.82) is 0 Å². The second-order valence-electron chi connectivity index (χ2n) is 5.78. The van der Waals surface area contributed by atoms with E-state index in [0.29, 0.717) is 5.56 Å². The Morgan fingerprint density at radius 1 is 1.05 bits per heavy atom. The lowest BCUT2D eigenvalue weighted by Crippen LogP contribution is -2.28. The van der Waals surface area contributed by atoms with E-state index in [1.54, 1.807) is 12.1 Å². The Hall–Kier alpha value is -2.30. The van der Waals surface area contributed by atoms with Crippen LogP contribution in [0.2, 0.25) is 0 Å². The van der Waals surface area contributed by atoms with E-state index in [1.165, 1.54) is 18.3 Å². The summed E-state index contributed by atoms with van der Waals surface area (Å²) in [4.78, 5) is 24.7. The Balaban J connectivity index is 1.58. The molecule has 0 spiro atoms. The molecule has 106 valence electrons. The molecule has 4 nitrogen and oxygen atoms in total. The molecule has 4 rings (SSSR count). The van der Waals surface area contributed by atoms with Gasteiger partial charge in [0.25, 0.3) is 11.8 Å². The second-order valence-corrected chi connectivity index (χ2v) is 5.78. The highest BCUT2D eigenvalue weighted by Gasteiger charge is 2.59. The number of rotatable bonds is 2. The van der Waals surface area contributed by atoms with Gasteiger partial charge in [-0.2, -0.15) is 10.1 Å². The van der Waals surface area contributed by atoms with Crippen molar-refractivity contribution >= 4 is 18.0 Å². The molecule has 3 aliphatic rings. The molecule has 1 aromatic carbocycles. The number of nitrogens with zero attached hydrogens (tertiary/aromatic N) is 2. The number of amides is 2. The number of carbonyl (C=O) groups is 2. The summed E-state index contributed by atoms with van der Waals surface area (Å²) >= 11 is 0. The molecule has 2 amide bonds. The molecule has 0 aromatic heterocycles. The molecule has 1 saturated heterocycles. The minimum Gasteiger partial charge on any atom is -0.272 e. The Morgan fingerprint density at radius 2 is 1.62 bits per heavy atom. The first kappa shape index (κ1) is 12.4. The predicted molar refractivity (Wildman–Crippen MR) is 73.6 cm³/mol. The fraction of sp³-hybridized carbons (Fsp3) is 0.312. The smallest absolute Gasteiger partial charge is 0.254 e. The summed E-state index contributed by atoms with van der Waals surface area (Å²) in [6, 6.07) is 5.73. The lowest BCUT2D eigenvalue weighted by molar-refractivity contribution is -0.140. The van der Waals surface area contributed by atoms with E-state index < -0.39 is 0 Å². The highest BCUT2D eigenvalue weighted by molar-refractivity contribution is 6.06. The number of carbonyl (C=O) groups excluding carboxylic acids is 2. The molecule has 4 atom stereocenters. The molecule has 1 aliphatic heterocycles. The summed E-state index contributed by atoms with van der Waals surface area (Å²) in [5.41, 5.74) is 0.648. The molecule has 2 bridgehead atoms. The minimum absolute atomic E-state index is 0.183. The summed E-state index contributed by atoms with van der Waals surface area (Å²) < 4.78 is 12.8. The summed E-state index contributed by atoms with van der Waals surface area (Å²) in [6.45, 7) is 0. The number of allylic oxidation sites excluding steroid dienone is 2. The average Bonchev–Trinajstić information content (AvgIpc) is 3.14. The zero-order chi connectivity index (χ0) is 14.6. The molecular weight excluding hydrogens is 271 g/mol. The van der Waals surface area contributed by atoms with E-state index in [-0.39, 0.29) is 41.3 Å². The van der Waals surface area contributed by atoms with Crippen molar-refractivity contribution in [2.45, 2.75) is 6.42 Å². The Kier molecular flexibility index (Phi) is 2.58. The van der Waals surface area contributed by atoms with Gasteiger partial charge in [-0.1, -0.05) is 24.3 Å². The Bertz CT molecular complexity index is 650. The van der Waals surface area contributed by atoms with Crippen LogP contribution in [0.3, 0.4) is 0 Å². The molecule has 21 heavy (non-hydrogen) atoms. The van der Waals surface area contributed by atoms with Crippen molar-refractivity contribution in [3.63, 3.8) is 0 Å². The maximum atomic E-state index is 12.8. The van der Waals surface area contributed by atoms with Crippen LogP contribution in [-0.4, -0.2) is 23.0 Å². The molecule has 1 saturated carbocycles. The van der Waals surface area contributed by atoms with Crippen molar-refractivity contribution in [3.8, 4) is 0 Å². The van der Waals surface area contributed by atoms with Gasteiger partial charge in [-0.25, -0.2) is 4.39 Å². The van der Waals surface area contributed by atoms with Gasteiger partial charge in [-0.3, -0.25) is 9.59 Å². The lowest BCUT2D eigenvalue weighted by atomic mass is 9.85. The van der Waals surface area contributed by atoms with Crippen LogP contribution < -0.4 is 0 Å². The SMILES string of the molecule is O=C1C2C3C=CC(C3)C2C(=O)N1N=Cc1ccc(F)cc1. The number of imide groups is 1. The molecule has 5 heteroatoms. The van der Waals surface area contributed by atoms with Crippen LogP contribution in [0.15, 0.2) is 41.5 Å². The standard InChI is InChI=1S/C16H13FN2O2/c17-12-5-1-9(2-6-12)8-18-19-15(20)13-10-3-4-11(7-10)14(13)16(19)21/h1-6,8,10-11,13-14H,7H2. The molecule has 1 aromatic rings. The first-order chi connectivity index (χ1) is 10.1. The van der Waals surface area contributed by atoms with Crippen LogP contribution in [0.5, 0.6) is 0 Å². The third kappa shape index (κ3) is 1.77. The van der Waals surface area contributed by atoms with Crippen LogP contribution in [0, 0.1) is 29.5 Å². The number of hydrogen-bond donors (Lipinski definition) is 0. The lowest BCUT2D eigenvalue weighted by Gasteiger charge is -2.13. The van der Waals surface area contributed by atoms with Crippen LogP contribution >= 0.6 is 0 Å². The van der Waals surface area contributed by atoms with E-state index >= 15 is 0 Å². The molecular formula is C16H13FN2O2. The zero-order valence-corrected chi connectivity index (χ0v) is 11.1. The highest BCUT2D eigenvalue weighted by atomic mass is 19.1. The first-order valence-corrected chi connectivity index (χ1v) is 7.01. The Labute approximate surface area is 120 Å². The number of halogens is 1. The van der Waals surface area contributed by atoms with Crippen LogP contribution in [0.1, 0.15) is 12.0 Å². The molecule has 1 heterocycles. The van der Waals surface area contributed by atoms with E-state index in [1.807, 2.05) is 12.2 Å². The topological polar surface area (TPSA) is 49.7 Å². The molecule has 2 aliphatic carbocycles. The van der Waals surface area contributed by atoms with Crippen molar-refractivity contribution in [2.24, 2.45) is 28.8 Å². The van der Waals surface area contributed by atoms with E-state index in [9.17, 15) is 14.0 Å². The quantitative estimate of drug-likeness (QED) is 0.473. The number of benzene rings is 1. The van der Waals surface area contributed by atoms with Crippen molar-refractivity contribution in [3.05, 3.63) is 47.8 Å². The average molecular weight is 284 g/mol. The summed E-state index contributed by atoms with van der Waals surface area (Å²) in [7, 11) is 0. The molecule has 2 fully saturated rings. The van der Waals surface area contributed by atoms with Gasteiger partial charge in [-0.05, 0) is 36.0 Å². The van der Waals surface area contributed by atoms with Gasteiger partial charge in [-0.15, -0.1) is 0 Å². The van der Waals surface area contributed by atoms with Gasteiger partial charge in [0.15, 0.2) is 0 Å². The van der Waals surface area contributed by atoms with Crippen LogP contribution in [0.4, 0.5) is 4.39 Å². The Morgan fingerprint density at radius 3 is 2.19 bits per heavy atom. The van der Waals surface area contributed by atoms with Gasteiger partial charge >= 0.3 is 0 Å². The zero-order valence-electron chi connectivity index (χ0n) is 11.1. The minimum atomic E-state index is -0.336. The number of hydrogen-bond acceptors (Lipinski definition) is 3. The third-order valence-electron chi connectivity index (χ3n) is 4.64. The van der Waals surface area contributed by atoms with Gasteiger partial charge in [0, 0.05) is 0 Å². The normalized spacial score (nSPS) is 33.5. The largest absolute Gasteiger partial charge is 0.272 e. The molecule has 0 radical (unpaired) electrons. The maximum absolute atomic E-state index is 12.8. The van der Waals surface area contributed by atoms with Crippen molar-refractivity contribution in [1.82, 2.24) is 5.01 Å². The summed E-state index contributed by atoms with van der Waals surface area (Å²) in [6.07, 6.45) is 6.42. The molecule has 0 N–H and O–H groups in total.